The van der Waals surface area contributed by atoms with E-state index in [0.717, 1.165) is 42.9 Å². The van der Waals surface area contributed by atoms with Gasteiger partial charge in [0.25, 0.3) is 5.91 Å². The summed E-state index contributed by atoms with van der Waals surface area (Å²) in [6.45, 7) is 1.87. The Bertz CT molecular complexity index is 988. The van der Waals surface area contributed by atoms with E-state index >= 15 is 0 Å². The minimum atomic E-state index is -0.815. The van der Waals surface area contributed by atoms with Gasteiger partial charge in [-0.3, -0.25) is 9.78 Å². The molecular formula is C22H27ClN6O2. The number of carbonyl (C=O) groups is 1. The largest absolute Gasteiger partial charge is 0.388 e. The summed E-state index contributed by atoms with van der Waals surface area (Å²) in [5, 5.41) is 24.9. The van der Waals surface area contributed by atoms with Crippen molar-refractivity contribution in [3.8, 4) is 0 Å². The van der Waals surface area contributed by atoms with Crippen LogP contribution in [0.15, 0.2) is 54.9 Å². The van der Waals surface area contributed by atoms with E-state index in [1.807, 2.05) is 42.5 Å². The summed E-state index contributed by atoms with van der Waals surface area (Å²) >= 11 is 0. The summed E-state index contributed by atoms with van der Waals surface area (Å²) in [6.07, 6.45) is 6.23. The maximum absolute atomic E-state index is 12.7. The van der Waals surface area contributed by atoms with E-state index in [1.54, 1.807) is 17.1 Å². The van der Waals surface area contributed by atoms with Crippen molar-refractivity contribution in [1.29, 1.82) is 0 Å². The second kappa shape index (κ2) is 10.5. The van der Waals surface area contributed by atoms with Crippen LogP contribution < -0.4 is 10.6 Å². The Morgan fingerprint density at radius 1 is 1.13 bits per heavy atom. The summed E-state index contributed by atoms with van der Waals surface area (Å²) in [4.78, 5) is 17.1. The van der Waals surface area contributed by atoms with Crippen molar-refractivity contribution in [2.45, 2.75) is 37.8 Å². The quantitative estimate of drug-likeness (QED) is 0.518. The summed E-state index contributed by atoms with van der Waals surface area (Å²) in [6, 6.07) is 13.6. The molecule has 1 saturated heterocycles. The van der Waals surface area contributed by atoms with Gasteiger partial charge in [0.05, 0.1) is 18.3 Å². The molecular weight excluding hydrogens is 416 g/mol. The number of piperidine rings is 1. The fraction of sp³-hybridized carbons (Fsp3) is 0.364. The standard InChI is InChI=1S/C22H26N6O2.ClH/c29-21(20-15-28(27-26-20)16-22(30)10-13-23-14-11-22)25-19-7-2-1-5-17(19)8-9-18-6-3-4-12-24-18;/h1-7,12,15,23,30H,8-11,13-14,16H2,(H,25,29);1H. The van der Waals surface area contributed by atoms with Crippen molar-refractivity contribution in [3.63, 3.8) is 0 Å². The first kappa shape index (κ1) is 22.9. The number of aliphatic hydroxyl groups is 1. The van der Waals surface area contributed by atoms with Crippen LogP contribution in [0.3, 0.4) is 0 Å². The van der Waals surface area contributed by atoms with Crippen LogP contribution in [-0.4, -0.2) is 49.7 Å². The molecule has 4 rings (SSSR count). The van der Waals surface area contributed by atoms with E-state index in [2.05, 4.69) is 25.9 Å². The molecule has 0 aliphatic carbocycles. The van der Waals surface area contributed by atoms with E-state index in [1.165, 1.54) is 0 Å². The smallest absolute Gasteiger partial charge is 0.277 e. The van der Waals surface area contributed by atoms with Crippen LogP contribution in [0.1, 0.15) is 34.6 Å². The molecule has 0 atom stereocenters. The number of nitrogens with zero attached hydrogens (tertiary/aromatic N) is 4. The Balaban J connectivity index is 0.00000272. The van der Waals surface area contributed by atoms with Crippen LogP contribution in [-0.2, 0) is 19.4 Å². The third kappa shape index (κ3) is 6.10. The molecule has 0 bridgehead atoms. The van der Waals surface area contributed by atoms with Crippen molar-refractivity contribution < 1.29 is 9.90 Å². The SMILES string of the molecule is Cl.O=C(Nc1ccccc1CCc1ccccn1)c1cn(CC2(O)CCNCC2)nn1. The van der Waals surface area contributed by atoms with E-state index in [0.29, 0.717) is 19.4 Å². The zero-order valence-electron chi connectivity index (χ0n) is 17.2. The first-order valence-electron chi connectivity index (χ1n) is 10.2. The number of aryl methyl sites for hydroxylation is 2. The van der Waals surface area contributed by atoms with Gasteiger partial charge in [0.15, 0.2) is 5.69 Å². The lowest BCUT2D eigenvalue weighted by atomic mass is 9.92. The fourth-order valence-electron chi connectivity index (χ4n) is 3.69. The summed E-state index contributed by atoms with van der Waals surface area (Å²) < 4.78 is 1.55. The van der Waals surface area contributed by atoms with Gasteiger partial charge in [-0.05, 0) is 62.5 Å². The molecule has 0 spiro atoms. The summed E-state index contributed by atoms with van der Waals surface area (Å²) in [7, 11) is 0. The van der Waals surface area contributed by atoms with Crippen molar-refractivity contribution in [2.24, 2.45) is 0 Å². The molecule has 9 heteroatoms. The highest BCUT2D eigenvalue weighted by atomic mass is 35.5. The van der Waals surface area contributed by atoms with Crippen LogP contribution in [0.5, 0.6) is 0 Å². The lowest BCUT2D eigenvalue weighted by molar-refractivity contribution is -0.00866. The third-order valence-electron chi connectivity index (χ3n) is 5.40. The molecule has 1 amide bonds. The van der Waals surface area contributed by atoms with Crippen LogP contribution in [0.25, 0.3) is 0 Å². The van der Waals surface area contributed by atoms with Crippen LogP contribution in [0.4, 0.5) is 5.69 Å². The topological polar surface area (TPSA) is 105 Å². The highest BCUT2D eigenvalue weighted by Gasteiger charge is 2.30. The fourth-order valence-corrected chi connectivity index (χ4v) is 3.69. The molecule has 3 aromatic rings. The van der Waals surface area contributed by atoms with Gasteiger partial charge in [-0.25, -0.2) is 4.68 Å². The minimum absolute atomic E-state index is 0. The molecule has 2 aromatic heterocycles. The molecule has 1 fully saturated rings. The molecule has 3 N–H and O–H groups in total. The zero-order valence-corrected chi connectivity index (χ0v) is 18.0. The maximum atomic E-state index is 12.7. The van der Waals surface area contributed by atoms with Gasteiger partial charge in [-0.15, -0.1) is 17.5 Å². The van der Waals surface area contributed by atoms with Crippen molar-refractivity contribution in [3.05, 3.63) is 71.8 Å². The highest BCUT2D eigenvalue weighted by Crippen LogP contribution is 2.21. The first-order chi connectivity index (χ1) is 14.6. The molecule has 1 aromatic carbocycles. The average Bonchev–Trinajstić information content (AvgIpc) is 3.22. The maximum Gasteiger partial charge on any atom is 0.277 e. The van der Waals surface area contributed by atoms with Gasteiger partial charge >= 0.3 is 0 Å². The number of amides is 1. The number of carbonyl (C=O) groups excluding carboxylic acids is 1. The second-order valence-corrected chi connectivity index (χ2v) is 7.71. The molecule has 0 unspecified atom stereocenters. The Labute approximate surface area is 187 Å². The molecule has 31 heavy (non-hydrogen) atoms. The lowest BCUT2D eigenvalue weighted by Crippen LogP contribution is -2.44. The van der Waals surface area contributed by atoms with E-state index in [9.17, 15) is 9.90 Å². The molecule has 0 saturated carbocycles. The number of benzene rings is 1. The number of halogens is 1. The molecule has 1 aliphatic heterocycles. The normalized spacial score (nSPS) is 15.1. The number of rotatable bonds is 7. The summed E-state index contributed by atoms with van der Waals surface area (Å²) in [5.74, 6) is -0.316. The summed E-state index contributed by atoms with van der Waals surface area (Å²) in [5.41, 5.74) is 2.22. The van der Waals surface area contributed by atoms with E-state index in [4.69, 9.17) is 0 Å². The monoisotopic (exact) mass is 442 g/mol. The predicted octanol–water partition coefficient (Wildman–Crippen LogP) is 2.25. The number of para-hydroxylation sites is 1. The van der Waals surface area contributed by atoms with Crippen molar-refractivity contribution in [1.82, 2.24) is 25.3 Å². The van der Waals surface area contributed by atoms with Crippen LogP contribution in [0, 0.1) is 0 Å². The zero-order chi connectivity index (χ0) is 20.8. The molecule has 8 nitrogen and oxygen atoms in total. The number of anilines is 1. The number of hydrogen-bond acceptors (Lipinski definition) is 6. The Kier molecular flexibility index (Phi) is 7.73. The molecule has 1 aliphatic rings. The number of pyridine rings is 1. The third-order valence-corrected chi connectivity index (χ3v) is 5.40. The first-order valence-corrected chi connectivity index (χ1v) is 10.2. The number of hydrogen-bond donors (Lipinski definition) is 3. The van der Waals surface area contributed by atoms with E-state index in [-0.39, 0.29) is 24.0 Å². The molecule has 0 radical (unpaired) electrons. The van der Waals surface area contributed by atoms with Gasteiger partial charge in [0, 0.05) is 17.6 Å². The Hall–Kier alpha value is -2.81. The Morgan fingerprint density at radius 3 is 2.68 bits per heavy atom. The predicted molar refractivity (Wildman–Crippen MR) is 120 cm³/mol. The molecule has 164 valence electrons. The number of aromatic nitrogens is 4. The van der Waals surface area contributed by atoms with Crippen molar-refractivity contribution in [2.75, 3.05) is 18.4 Å². The van der Waals surface area contributed by atoms with Crippen LogP contribution in [0.2, 0.25) is 0 Å². The molecule has 3 heterocycles. The van der Waals surface area contributed by atoms with Gasteiger partial charge < -0.3 is 15.7 Å². The van der Waals surface area contributed by atoms with E-state index < -0.39 is 5.60 Å². The Morgan fingerprint density at radius 2 is 1.90 bits per heavy atom. The van der Waals surface area contributed by atoms with Gasteiger partial charge in [-0.1, -0.05) is 29.5 Å². The lowest BCUT2D eigenvalue weighted by Gasteiger charge is -2.32. The second-order valence-electron chi connectivity index (χ2n) is 7.71. The van der Waals surface area contributed by atoms with Crippen molar-refractivity contribution >= 4 is 24.0 Å². The van der Waals surface area contributed by atoms with Gasteiger partial charge in [0.1, 0.15) is 0 Å². The van der Waals surface area contributed by atoms with Gasteiger partial charge in [-0.2, -0.15) is 0 Å². The average molecular weight is 443 g/mol. The van der Waals surface area contributed by atoms with Gasteiger partial charge in [0.2, 0.25) is 0 Å². The number of nitrogens with one attached hydrogen (secondary N) is 2. The van der Waals surface area contributed by atoms with Crippen LogP contribution >= 0.6 is 12.4 Å². The highest BCUT2D eigenvalue weighted by molar-refractivity contribution is 6.03. The minimum Gasteiger partial charge on any atom is -0.388 e.